The molecule has 1 saturated heterocycles. The normalized spacial score (nSPS) is 24.8. The van der Waals surface area contributed by atoms with Gasteiger partial charge in [-0.15, -0.1) is 0 Å². The number of rotatable bonds is 6. The van der Waals surface area contributed by atoms with Gasteiger partial charge in [0.25, 0.3) is 0 Å². The summed E-state index contributed by atoms with van der Waals surface area (Å²) in [6.07, 6.45) is 18.0. The van der Waals surface area contributed by atoms with Gasteiger partial charge in [-0.3, -0.25) is 9.97 Å². The van der Waals surface area contributed by atoms with E-state index in [1.54, 1.807) is 0 Å². The van der Waals surface area contributed by atoms with Gasteiger partial charge >= 0.3 is 0 Å². The molecule has 1 aliphatic carbocycles. The van der Waals surface area contributed by atoms with Crippen LogP contribution in [0.3, 0.4) is 0 Å². The molecule has 0 amide bonds. The molecular formula is C23H30N2O. The molecule has 4 rings (SSSR count). The topological polar surface area (TPSA) is 35.0 Å². The maximum atomic E-state index is 6.34. The Morgan fingerprint density at radius 1 is 0.923 bits per heavy atom. The molecule has 2 aromatic rings. The quantitative estimate of drug-likeness (QED) is 0.667. The van der Waals surface area contributed by atoms with Crippen LogP contribution in [0, 0.1) is 0 Å². The largest absolute Gasteiger partial charge is 0.375 e. The highest BCUT2D eigenvalue weighted by atomic mass is 16.5. The summed E-state index contributed by atoms with van der Waals surface area (Å²) in [7, 11) is 0. The zero-order chi connectivity index (χ0) is 17.7. The number of hydrogen-bond donors (Lipinski definition) is 0. The Morgan fingerprint density at radius 2 is 1.77 bits per heavy atom. The van der Waals surface area contributed by atoms with Gasteiger partial charge in [0.05, 0.1) is 5.60 Å². The van der Waals surface area contributed by atoms with Gasteiger partial charge in [0.15, 0.2) is 0 Å². The average Bonchev–Trinajstić information content (AvgIpc) is 3.14. The summed E-state index contributed by atoms with van der Waals surface area (Å²) in [6, 6.07) is 10.7. The molecule has 1 spiro atoms. The van der Waals surface area contributed by atoms with Crippen molar-refractivity contribution in [2.24, 2.45) is 0 Å². The lowest BCUT2D eigenvalue weighted by Gasteiger charge is -2.46. The number of aromatic nitrogens is 2. The third kappa shape index (κ3) is 3.83. The maximum absolute atomic E-state index is 6.34. The van der Waals surface area contributed by atoms with Crippen molar-refractivity contribution in [2.45, 2.75) is 75.2 Å². The first kappa shape index (κ1) is 17.7. The summed E-state index contributed by atoms with van der Waals surface area (Å²) in [5, 5.41) is 0. The maximum Gasteiger partial charge on any atom is 0.0691 e. The molecule has 0 N–H and O–H groups in total. The predicted molar refractivity (Wildman–Crippen MR) is 104 cm³/mol. The number of unbranched alkanes of at least 4 members (excludes halogenated alkanes) is 1. The van der Waals surface area contributed by atoms with E-state index >= 15 is 0 Å². The van der Waals surface area contributed by atoms with Gasteiger partial charge in [-0.2, -0.15) is 0 Å². The summed E-state index contributed by atoms with van der Waals surface area (Å²) in [6.45, 7) is 0.890. The number of aryl methyl sites for hydroxylation is 1. The van der Waals surface area contributed by atoms with E-state index in [2.05, 4.69) is 29.2 Å². The first-order valence-corrected chi connectivity index (χ1v) is 10.2. The smallest absolute Gasteiger partial charge is 0.0691 e. The van der Waals surface area contributed by atoms with Crippen LogP contribution in [-0.4, -0.2) is 22.2 Å². The molecule has 3 heteroatoms. The van der Waals surface area contributed by atoms with Crippen molar-refractivity contribution in [2.75, 3.05) is 6.61 Å². The van der Waals surface area contributed by atoms with Crippen LogP contribution in [0.1, 0.15) is 69.0 Å². The third-order valence-corrected chi connectivity index (χ3v) is 6.49. The highest BCUT2D eigenvalue weighted by molar-refractivity contribution is 5.20. The lowest BCUT2D eigenvalue weighted by molar-refractivity contribution is -0.104. The number of nitrogens with zero attached hydrogens (tertiary/aromatic N) is 2. The molecule has 2 aliphatic rings. The number of pyridine rings is 2. The minimum Gasteiger partial charge on any atom is -0.375 e. The molecule has 2 fully saturated rings. The zero-order valence-electron chi connectivity index (χ0n) is 15.7. The van der Waals surface area contributed by atoms with Crippen molar-refractivity contribution in [3.63, 3.8) is 0 Å². The van der Waals surface area contributed by atoms with Gasteiger partial charge in [0, 0.05) is 36.3 Å². The van der Waals surface area contributed by atoms with Gasteiger partial charge in [-0.05, 0) is 74.8 Å². The van der Waals surface area contributed by atoms with Crippen LogP contribution in [0.25, 0.3) is 0 Å². The van der Waals surface area contributed by atoms with Crippen molar-refractivity contribution in [1.82, 2.24) is 9.97 Å². The third-order valence-electron chi connectivity index (χ3n) is 6.49. The fraction of sp³-hybridized carbons (Fsp3) is 0.565. The molecule has 3 heterocycles. The Hall–Kier alpha value is -1.74. The van der Waals surface area contributed by atoms with Gasteiger partial charge in [0.1, 0.15) is 0 Å². The van der Waals surface area contributed by atoms with Gasteiger partial charge in [-0.1, -0.05) is 25.3 Å². The van der Waals surface area contributed by atoms with E-state index in [0.717, 1.165) is 25.9 Å². The number of ether oxygens (including phenoxy) is 1. The summed E-state index contributed by atoms with van der Waals surface area (Å²) in [5.41, 5.74) is 3.01. The van der Waals surface area contributed by atoms with E-state index in [9.17, 15) is 0 Å². The van der Waals surface area contributed by atoms with Gasteiger partial charge in [0.2, 0.25) is 0 Å². The Morgan fingerprint density at radius 3 is 2.54 bits per heavy atom. The Labute approximate surface area is 157 Å². The Kier molecular flexibility index (Phi) is 5.35. The highest BCUT2D eigenvalue weighted by Gasteiger charge is 2.48. The van der Waals surface area contributed by atoms with Gasteiger partial charge in [-0.25, -0.2) is 0 Å². The summed E-state index contributed by atoms with van der Waals surface area (Å²) < 4.78 is 6.34. The SMILES string of the molecule is c1ccc([C@]2(CCCCc3ccncc3)CCOC3(CCCC3)C2)nc1. The lowest BCUT2D eigenvalue weighted by atomic mass is 9.67. The minimum atomic E-state index is 0.126. The molecule has 1 atom stereocenters. The van der Waals surface area contributed by atoms with E-state index in [4.69, 9.17) is 9.72 Å². The molecule has 26 heavy (non-hydrogen) atoms. The molecule has 0 bridgehead atoms. The standard InChI is InChI=1S/C23H30N2O/c1(7-20-9-16-24-17-10-20)3-11-22(21-8-2-6-15-25-21)14-18-26-23(19-22)12-4-5-13-23/h2,6,8-10,15-17H,1,3-5,7,11-14,18-19H2/t22-/m1/s1. The molecule has 1 aliphatic heterocycles. The second-order valence-corrected chi connectivity index (χ2v) is 8.22. The van der Waals surface area contributed by atoms with Crippen LogP contribution >= 0.6 is 0 Å². The van der Waals surface area contributed by atoms with E-state index < -0.39 is 0 Å². The van der Waals surface area contributed by atoms with Crippen LogP contribution in [-0.2, 0) is 16.6 Å². The molecule has 0 unspecified atom stereocenters. The van der Waals surface area contributed by atoms with Crippen molar-refractivity contribution in [3.05, 3.63) is 60.2 Å². The van der Waals surface area contributed by atoms with E-state index in [1.807, 2.05) is 24.7 Å². The monoisotopic (exact) mass is 350 g/mol. The molecule has 0 radical (unpaired) electrons. The Bertz CT molecular complexity index is 682. The summed E-state index contributed by atoms with van der Waals surface area (Å²) >= 11 is 0. The highest BCUT2D eigenvalue weighted by Crippen LogP contribution is 2.50. The zero-order valence-corrected chi connectivity index (χ0v) is 15.7. The number of hydrogen-bond acceptors (Lipinski definition) is 3. The van der Waals surface area contributed by atoms with Crippen LogP contribution in [0.15, 0.2) is 48.9 Å². The van der Waals surface area contributed by atoms with E-state index in [0.29, 0.717) is 0 Å². The molecule has 1 saturated carbocycles. The van der Waals surface area contributed by atoms with Crippen molar-refractivity contribution >= 4 is 0 Å². The fourth-order valence-electron chi connectivity index (χ4n) is 5.14. The molecule has 138 valence electrons. The van der Waals surface area contributed by atoms with Gasteiger partial charge < -0.3 is 4.74 Å². The second kappa shape index (κ2) is 7.87. The summed E-state index contributed by atoms with van der Waals surface area (Å²) in [4.78, 5) is 8.92. The van der Waals surface area contributed by atoms with Crippen LogP contribution < -0.4 is 0 Å². The predicted octanol–water partition coefficient (Wildman–Crippen LogP) is 5.25. The molecule has 0 aromatic carbocycles. The van der Waals surface area contributed by atoms with Crippen molar-refractivity contribution < 1.29 is 4.74 Å². The molecular weight excluding hydrogens is 320 g/mol. The first-order chi connectivity index (χ1) is 12.8. The van der Waals surface area contributed by atoms with E-state index in [-0.39, 0.29) is 11.0 Å². The summed E-state index contributed by atoms with van der Waals surface area (Å²) in [5.74, 6) is 0. The first-order valence-electron chi connectivity index (χ1n) is 10.2. The van der Waals surface area contributed by atoms with Crippen molar-refractivity contribution in [3.8, 4) is 0 Å². The van der Waals surface area contributed by atoms with Crippen LogP contribution in [0.4, 0.5) is 0 Å². The minimum absolute atomic E-state index is 0.126. The van der Waals surface area contributed by atoms with Crippen molar-refractivity contribution in [1.29, 1.82) is 0 Å². The van der Waals surface area contributed by atoms with E-state index in [1.165, 1.54) is 56.2 Å². The molecule has 3 nitrogen and oxygen atoms in total. The molecule has 2 aromatic heterocycles. The van der Waals surface area contributed by atoms with Crippen LogP contribution in [0.5, 0.6) is 0 Å². The lowest BCUT2D eigenvalue weighted by Crippen LogP contribution is -2.46. The Balaban J connectivity index is 1.46. The fourth-order valence-corrected chi connectivity index (χ4v) is 5.14. The second-order valence-electron chi connectivity index (χ2n) is 8.22. The average molecular weight is 351 g/mol. The van der Waals surface area contributed by atoms with Crippen LogP contribution in [0.2, 0.25) is 0 Å².